The predicted octanol–water partition coefficient (Wildman–Crippen LogP) is 3.55. The van der Waals surface area contributed by atoms with Crippen LogP contribution in [0.2, 0.25) is 5.02 Å². The standard InChI is InChI=1S/C26H28ClF2N3O4/c1-14-19-18(36-26(14,13-30-2)15-7-5-4-6-8-15)11-17(28)22(27)21(19)20-16(24(34)31-3)12-32-25(23(20)29)35-10-9-33/h4-8,11,14,16,30,33H,9-10,12-13H2,1-3H3,(H,31,34)/t14-,16?,26-/m0/s1. The van der Waals surface area contributed by atoms with E-state index >= 15 is 8.78 Å². The number of hydrogen-bond donors (Lipinski definition) is 3. The molecule has 1 unspecified atom stereocenters. The lowest BCUT2D eigenvalue weighted by Crippen LogP contribution is -2.43. The van der Waals surface area contributed by atoms with Crippen molar-refractivity contribution in [3.8, 4) is 5.75 Å². The number of amides is 1. The molecule has 0 fully saturated rings. The van der Waals surface area contributed by atoms with Gasteiger partial charge >= 0.3 is 0 Å². The summed E-state index contributed by atoms with van der Waals surface area (Å²) in [4.78, 5) is 16.9. The number of dihydropyridines is 1. The second-order valence-electron chi connectivity index (χ2n) is 8.68. The minimum atomic E-state index is -1.08. The summed E-state index contributed by atoms with van der Waals surface area (Å²) in [6.07, 6.45) is 0. The molecule has 0 radical (unpaired) electrons. The zero-order valence-corrected chi connectivity index (χ0v) is 21.0. The Hall–Kier alpha value is -3.01. The number of halogens is 3. The van der Waals surface area contributed by atoms with E-state index in [1.165, 1.54) is 13.1 Å². The summed E-state index contributed by atoms with van der Waals surface area (Å²) in [6.45, 7) is 1.59. The Morgan fingerprint density at radius 3 is 2.67 bits per heavy atom. The third-order valence-electron chi connectivity index (χ3n) is 6.70. The Balaban J connectivity index is 1.97. The van der Waals surface area contributed by atoms with E-state index in [4.69, 9.17) is 26.2 Å². The number of aliphatic hydroxyl groups excluding tert-OH is 1. The van der Waals surface area contributed by atoms with E-state index in [0.29, 0.717) is 12.1 Å². The topological polar surface area (TPSA) is 92.2 Å². The zero-order chi connectivity index (χ0) is 26.0. The molecule has 7 nitrogen and oxygen atoms in total. The van der Waals surface area contributed by atoms with Crippen molar-refractivity contribution < 1.29 is 28.2 Å². The summed E-state index contributed by atoms with van der Waals surface area (Å²) >= 11 is 6.52. The van der Waals surface area contributed by atoms with Gasteiger partial charge in [-0.1, -0.05) is 48.9 Å². The van der Waals surface area contributed by atoms with Gasteiger partial charge in [-0.2, -0.15) is 0 Å². The fourth-order valence-corrected chi connectivity index (χ4v) is 5.28. The number of nitrogens with one attached hydrogen (secondary N) is 2. The third kappa shape index (κ3) is 4.25. The molecular formula is C26H28ClF2N3O4. The van der Waals surface area contributed by atoms with Crippen LogP contribution < -0.4 is 15.4 Å². The van der Waals surface area contributed by atoms with E-state index < -0.39 is 35.0 Å². The summed E-state index contributed by atoms with van der Waals surface area (Å²) in [7, 11) is 3.21. The van der Waals surface area contributed by atoms with Crippen molar-refractivity contribution >= 4 is 29.0 Å². The van der Waals surface area contributed by atoms with Gasteiger partial charge in [-0.25, -0.2) is 13.8 Å². The number of fused-ring (bicyclic) bond motifs is 1. The molecule has 2 aliphatic rings. The second-order valence-corrected chi connectivity index (χ2v) is 9.06. The number of aliphatic imine (C=N–C) groups is 1. The quantitative estimate of drug-likeness (QED) is 0.520. The fraction of sp³-hybridized carbons (Fsp3) is 0.385. The van der Waals surface area contributed by atoms with Crippen LogP contribution in [0, 0.1) is 11.7 Å². The van der Waals surface area contributed by atoms with E-state index in [1.807, 2.05) is 37.3 Å². The van der Waals surface area contributed by atoms with E-state index in [1.54, 1.807) is 7.05 Å². The van der Waals surface area contributed by atoms with Crippen LogP contribution in [-0.2, 0) is 15.1 Å². The van der Waals surface area contributed by atoms with E-state index in [0.717, 1.165) is 5.56 Å². The molecule has 36 heavy (non-hydrogen) atoms. The van der Waals surface area contributed by atoms with Gasteiger partial charge in [0.15, 0.2) is 11.4 Å². The molecule has 3 N–H and O–H groups in total. The summed E-state index contributed by atoms with van der Waals surface area (Å²) < 4.78 is 42.9. The summed E-state index contributed by atoms with van der Waals surface area (Å²) in [6, 6.07) is 10.7. The number of hydrogen-bond acceptors (Lipinski definition) is 6. The van der Waals surface area contributed by atoms with Crippen LogP contribution in [0.4, 0.5) is 8.78 Å². The lowest BCUT2D eigenvalue weighted by Gasteiger charge is -2.34. The Bertz CT molecular complexity index is 1220. The number of aliphatic hydroxyl groups is 1. The summed E-state index contributed by atoms with van der Waals surface area (Å²) in [5, 5.41) is 14.5. The molecule has 4 rings (SSSR count). The highest BCUT2D eigenvalue weighted by molar-refractivity contribution is 6.33. The lowest BCUT2D eigenvalue weighted by atomic mass is 9.76. The maximum Gasteiger partial charge on any atom is 0.246 e. The molecule has 0 saturated carbocycles. The Morgan fingerprint density at radius 1 is 1.31 bits per heavy atom. The molecule has 2 aromatic rings. The largest absolute Gasteiger partial charge is 0.480 e. The van der Waals surface area contributed by atoms with Crippen LogP contribution in [0.25, 0.3) is 5.57 Å². The van der Waals surface area contributed by atoms with E-state index in [2.05, 4.69) is 15.6 Å². The first kappa shape index (κ1) is 26.1. The van der Waals surface area contributed by atoms with Gasteiger partial charge in [0.2, 0.25) is 11.8 Å². The molecule has 192 valence electrons. The molecule has 0 aromatic heterocycles. The number of likely N-dealkylation sites (N-methyl/N-ethyl adjacent to an activating group) is 1. The highest BCUT2D eigenvalue weighted by atomic mass is 35.5. The predicted molar refractivity (Wildman–Crippen MR) is 133 cm³/mol. The molecule has 0 spiro atoms. The first-order valence-electron chi connectivity index (χ1n) is 11.6. The molecule has 2 aliphatic heterocycles. The number of carbonyl (C=O) groups excluding carboxylic acids is 1. The molecule has 0 bridgehead atoms. The Labute approximate surface area is 213 Å². The second kappa shape index (κ2) is 10.5. The van der Waals surface area contributed by atoms with Crippen LogP contribution in [0.3, 0.4) is 0 Å². The molecule has 0 aliphatic carbocycles. The van der Waals surface area contributed by atoms with Gasteiger partial charge in [-0.15, -0.1) is 0 Å². The summed E-state index contributed by atoms with van der Waals surface area (Å²) in [5.74, 6) is -3.89. The minimum absolute atomic E-state index is 0.0548. The van der Waals surface area contributed by atoms with E-state index in [9.17, 15) is 4.79 Å². The van der Waals surface area contributed by atoms with Crippen LogP contribution in [0.5, 0.6) is 5.75 Å². The number of carbonyl (C=O) groups is 1. The number of rotatable bonds is 7. The minimum Gasteiger partial charge on any atom is -0.480 e. The molecule has 3 atom stereocenters. The fourth-order valence-electron chi connectivity index (χ4n) is 5.02. The molecule has 10 heteroatoms. The maximum atomic E-state index is 16.0. The number of nitrogens with zero attached hydrogens (tertiary/aromatic N) is 1. The van der Waals surface area contributed by atoms with Crippen molar-refractivity contribution in [1.82, 2.24) is 10.6 Å². The van der Waals surface area contributed by atoms with Crippen molar-refractivity contribution in [1.29, 1.82) is 0 Å². The maximum absolute atomic E-state index is 16.0. The van der Waals surface area contributed by atoms with Gasteiger partial charge in [0, 0.05) is 42.3 Å². The normalized spacial score (nSPS) is 23.1. The highest BCUT2D eigenvalue weighted by Gasteiger charge is 2.50. The Kier molecular flexibility index (Phi) is 7.63. The number of benzene rings is 2. The van der Waals surface area contributed by atoms with Crippen LogP contribution in [0.1, 0.15) is 29.5 Å². The van der Waals surface area contributed by atoms with Crippen LogP contribution in [0.15, 0.2) is 47.2 Å². The molecule has 2 heterocycles. The van der Waals surface area contributed by atoms with E-state index in [-0.39, 0.29) is 47.6 Å². The SMILES string of the molecule is CNC[C@]1(c2ccccc2)Oc2cc(F)c(Cl)c(C3=C(F)C(OCCO)=NCC3C(=O)NC)c2[C@@H]1C. The van der Waals surface area contributed by atoms with Gasteiger partial charge in [0.05, 0.1) is 24.1 Å². The first-order valence-corrected chi connectivity index (χ1v) is 12.0. The first-order chi connectivity index (χ1) is 17.3. The molecular weight excluding hydrogens is 492 g/mol. The smallest absolute Gasteiger partial charge is 0.246 e. The van der Waals surface area contributed by atoms with Gasteiger partial charge in [-0.3, -0.25) is 4.79 Å². The van der Waals surface area contributed by atoms with Gasteiger partial charge in [-0.05, 0) is 12.6 Å². The molecule has 2 aromatic carbocycles. The van der Waals surface area contributed by atoms with Gasteiger partial charge < -0.3 is 25.2 Å². The van der Waals surface area contributed by atoms with Crippen molar-refractivity contribution in [2.75, 3.05) is 40.4 Å². The van der Waals surface area contributed by atoms with Crippen molar-refractivity contribution in [2.24, 2.45) is 10.9 Å². The number of ether oxygens (including phenoxy) is 2. The van der Waals surface area contributed by atoms with Crippen molar-refractivity contribution in [3.05, 3.63) is 69.8 Å². The highest BCUT2D eigenvalue weighted by Crippen LogP contribution is 2.55. The summed E-state index contributed by atoms with van der Waals surface area (Å²) in [5.41, 5.74) is 0.326. The van der Waals surface area contributed by atoms with Gasteiger partial charge in [0.25, 0.3) is 0 Å². The zero-order valence-electron chi connectivity index (χ0n) is 20.2. The van der Waals surface area contributed by atoms with Crippen molar-refractivity contribution in [3.63, 3.8) is 0 Å². The molecule has 1 amide bonds. The third-order valence-corrected chi connectivity index (χ3v) is 7.07. The van der Waals surface area contributed by atoms with Crippen molar-refractivity contribution in [2.45, 2.75) is 18.4 Å². The average Bonchev–Trinajstić information content (AvgIpc) is 3.16. The lowest BCUT2D eigenvalue weighted by molar-refractivity contribution is -0.122. The Morgan fingerprint density at radius 2 is 2.03 bits per heavy atom. The average molecular weight is 520 g/mol. The van der Waals surface area contributed by atoms with Crippen LogP contribution in [-0.4, -0.2) is 57.3 Å². The van der Waals surface area contributed by atoms with Crippen LogP contribution >= 0.6 is 11.6 Å². The monoisotopic (exact) mass is 519 g/mol. The van der Waals surface area contributed by atoms with Gasteiger partial charge in [0.1, 0.15) is 18.2 Å². The molecule has 0 saturated heterocycles.